The van der Waals surface area contributed by atoms with Gasteiger partial charge >= 0.3 is 5.97 Å². The molecule has 0 spiro atoms. The van der Waals surface area contributed by atoms with Crippen LogP contribution in [0.2, 0.25) is 0 Å². The van der Waals surface area contributed by atoms with Crippen LogP contribution in [0.1, 0.15) is 23.0 Å². The summed E-state index contributed by atoms with van der Waals surface area (Å²) >= 11 is 1.89. The Bertz CT molecular complexity index is 371. The van der Waals surface area contributed by atoms with Gasteiger partial charge in [-0.1, -0.05) is 0 Å². The van der Waals surface area contributed by atoms with Gasteiger partial charge in [0.2, 0.25) is 0 Å². The second kappa shape index (κ2) is 4.14. The third kappa shape index (κ3) is 1.94. The van der Waals surface area contributed by atoms with E-state index in [-0.39, 0.29) is 5.69 Å². The molecule has 0 saturated carbocycles. The molecule has 0 amide bonds. The van der Waals surface area contributed by atoms with Crippen LogP contribution in [0.3, 0.4) is 0 Å². The molecule has 2 rings (SSSR count). The van der Waals surface area contributed by atoms with Crippen molar-refractivity contribution in [1.82, 2.24) is 9.78 Å². The molecule has 1 saturated heterocycles. The maximum atomic E-state index is 11.3. The van der Waals surface area contributed by atoms with Crippen molar-refractivity contribution >= 4 is 23.4 Å². The number of nitrogens with zero attached hydrogens (tertiary/aromatic N) is 2. The van der Waals surface area contributed by atoms with E-state index >= 15 is 0 Å². The predicted octanol–water partition coefficient (Wildman–Crippen LogP) is 0.930. The van der Waals surface area contributed by atoms with Crippen molar-refractivity contribution in [3.63, 3.8) is 0 Å². The van der Waals surface area contributed by atoms with E-state index in [9.17, 15) is 4.79 Å². The minimum absolute atomic E-state index is 0.217. The van der Waals surface area contributed by atoms with E-state index in [0.29, 0.717) is 11.7 Å². The number of carbonyl (C=O) groups is 1. The quantitative estimate of drug-likeness (QED) is 0.761. The Kier molecular flexibility index (Phi) is 2.86. The largest absolute Gasteiger partial charge is 0.464 e. The number of methoxy groups -OCH3 is 1. The Morgan fingerprint density at radius 2 is 2.60 bits per heavy atom. The average molecular weight is 227 g/mol. The molecule has 15 heavy (non-hydrogen) atoms. The maximum Gasteiger partial charge on any atom is 0.360 e. The molecule has 0 aromatic carbocycles. The summed E-state index contributed by atoms with van der Waals surface area (Å²) in [5.74, 6) is 1.69. The lowest BCUT2D eigenvalue weighted by Crippen LogP contribution is -2.10. The number of nitrogens with two attached hydrogens (primary N) is 1. The summed E-state index contributed by atoms with van der Waals surface area (Å²) in [5, 5.41) is 4.17. The van der Waals surface area contributed by atoms with E-state index in [1.54, 1.807) is 10.9 Å². The fourth-order valence-corrected chi connectivity index (χ4v) is 2.78. The van der Waals surface area contributed by atoms with Crippen molar-refractivity contribution in [2.24, 2.45) is 0 Å². The highest BCUT2D eigenvalue weighted by atomic mass is 32.2. The summed E-state index contributed by atoms with van der Waals surface area (Å²) in [5.41, 5.74) is 6.30. The van der Waals surface area contributed by atoms with Gasteiger partial charge in [-0.3, -0.25) is 4.68 Å². The lowest BCUT2D eigenvalue weighted by molar-refractivity contribution is 0.0594. The van der Waals surface area contributed by atoms with E-state index in [1.165, 1.54) is 7.11 Å². The molecule has 82 valence electrons. The highest BCUT2D eigenvalue weighted by Gasteiger charge is 2.22. The molecule has 1 fully saturated rings. The van der Waals surface area contributed by atoms with Gasteiger partial charge in [-0.15, -0.1) is 0 Å². The van der Waals surface area contributed by atoms with Crippen LogP contribution < -0.4 is 5.73 Å². The molecule has 0 bridgehead atoms. The van der Waals surface area contributed by atoms with Gasteiger partial charge in [0.1, 0.15) is 0 Å². The van der Waals surface area contributed by atoms with E-state index < -0.39 is 5.97 Å². The van der Waals surface area contributed by atoms with E-state index in [4.69, 9.17) is 5.73 Å². The number of aromatic nitrogens is 2. The summed E-state index contributed by atoms with van der Waals surface area (Å²) in [7, 11) is 1.33. The van der Waals surface area contributed by atoms with Crippen LogP contribution in [0.15, 0.2) is 6.20 Å². The molecule has 1 aliphatic heterocycles. The normalized spacial score (nSPS) is 20.5. The number of esters is 1. The van der Waals surface area contributed by atoms with Gasteiger partial charge in [0, 0.05) is 11.9 Å². The van der Waals surface area contributed by atoms with Crippen LogP contribution in [0.5, 0.6) is 0 Å². The Balaban J connectivity index is 2.23. The second-order valence-electron chi connectivity index (χ2n) is 3.42. The first-order valence-electron chi connectivity index (χ1n) is 4.73. The number of thioether (sulfide) groups is 1. The summed E-state index contributed by atoms with van der Waals surface area (Å²) in [4.78, 5) is 11.3. The summed E-state index contributed by atoms with van der Waals surface area (Å²) in [6.07, 6.45) is 2.79. The van der Waals surface area contributed by atoms with Gasteiger partial charge in [0.25, 0.3) is 0 Å². The minimum Gasteiger partial charge on any atom is -0.464 e. The zero-order valence-corrected chi connectivity index (χ0v) is 9.29. The lowest BCUT2D eigenvalue weighted by Gasteiger charge is -2.07. The first-order valence-corrected chi connectivity index (χ1v) is 5.88. The fraction of sp³-hybridized carbons (Fsp3) is 0.556. The highest BCUT2D eigenvalue weighted by Crippen LogP contribution is 2.28. The van der Waals surface area contributed by atoms with Crippen LogP contribution in [-0.4, -0.2) is 34.4 Å². The van der Waals surface area contributed by atoms with Crippen molar-refractivity contribution < 1.29 is 9.53 Å². The monoisotopic (exact) mass is 227 g/mol. The van der Waals surface area contributed by atoms with Crippen LogP contribution in [-0.2, 0) is 4.74 Å². The van der Waals surface area contributed by atoms with E-state index in [0.717, 1.165) is 17.9 Å². The average Bonchev–Trinajstić information content (AvgIpc) is 2.84. The Labute approximate surface area is 92.0 Å². The van der Waals surface area contributed by atoms with Crippen LogP contribution in [0, 0.1) is 0 Å². The molecule has 2 N–H and O–H groups in total. The third-order valence-corrected chi connectivity index (χ3v) is 3.56. The van der Waals surface area contributed by atoms with Gasteiger partial charge in [0.05, 0.1) is 18.8 Å². The van der Waals surface area contributed by atoms with Crippen molar-refractivity contribution in [2.45, 2.75) is 12.5 Å². The molecule has 5 nitrogen and oxygen atoms in total. The third-order valence-electron chi connectivity index (χ3n) is 2.42. The number of carbonyl (C=O) groups excluding carboxylic acids is 1. The standard InChI is InChI=1S/C9H13N3O2S/c1-14-9(13)8-7(10)4-12(11-8)6-2-3-15-5-6/h4,6H,2-3,5,10H2,1H3. The molecule has 1 aromatic rings. The zero-order chi connectivity index (χ0) is 10.8. The number of hydrogen-bond donors (Lipinski definition) is 1. The minimum atomic E-state index is -0.475. The van der Waals surface area contributed by atoms with E-state index in [2.05, 4.69) is 9.84 Å². The molecular formula is C9H13N3O2S. The number of ether oxygens (including phenoxy) is 1. The Morgan fingerprint density at radius 1 is 1.80 bits per heavy atom. The molecule has 0 radical (unpaired) electrons. The number of nitrogen functional groups attached to an aromatic ring is 1. The molecule has 1 atom stereocenters. The molecule has 1 aliphatic rings. The van der Waals surface area contributed by atoms with Crippen LogP contribution in [0.4, 0.5) is 5.69 Å². The Morgan fingerprint density at radius 3 is 3.20 bits per heavy atom. The molecule has 0 aliphatic carbocycles. The maximum absolute atomic E-state index is 11.3. The van der Waals surface area contributed by atoms with Crippen molar-refractivity contribution in [1.29, 1.82) is 0 Å². The summed E-state index contributed by atoms with van der Waals surface area (Å²) < 4.78 is 6.37. The first-order chi connectivity index (χ1) is 7.22. The molecule has 1 aromatic heterocycles. The highest BCUT2D eigenvalue weighted by molar-refractivity contribution is 7.99. The predicted molar refractivity (Wildman–Crippen MR) is 59.0 cm³/mol. The summed E-state index contributed by atoms with van der Waals surface area (Å²) in [6, 6.07) is 0.357. The van der Waals surface area contributed by atoms with Crippen molar-refractivity contribution in [3.8, 4) is 0 Å². The zero-order valence-electron chi connectivity index (χ0n) is 8.47. The van der Waals surface area contributed by atoms with Gasteiger partial charge < -0.3 is 10.5 Å². The second-order valence-corrected chi connectivity index (χ2v) is 4.57. The number of rotatable bonds is 2. The fourth-order valence-electron chi connectivity index (χ4n) is 1.58. The number of anilines is 1. The van der Waals surface area contributed by atoms with Crippen LogP contribution in [0.25, 0.3) is 0 Å². The lowest BCUT2D eigenvalue weighted by atomic mass is 10.3. The topological polar surface area (TPSA) is 70.1 Å². The molecule has 2 heterocycles. The SMILES string of the molecule is COC(=O)c1nn(C2CCSC2)cc1N. The first kappa shape index (κ1) is 10.4. The van der Waals surface area contributed by atoms with Gasteiger partial charge in [0.15, 0.2) is 5.69 Å². The van der Waals surface area contributed by atoms with Gasteiger partial charge in [-0.2, -0.15) is 16.9 Å². The van der Waals surface area contributed by atoms with Gasteiger partial charge in [-0.25, -0.2) is 4.79 Å². The molecular weight excluding hydrogens is 214 g/mol. The molecule has 1 unspecified atom stereocenters. The summed E-state index contributed by atoms with van der Waals surface area (Å²) in [6.45, 7) is 0. The Hall–Kier alpha value is -1.17. The van der Waals surface area contributed by atoms with E-state index in [1.807, 2.05) is 11.8 Å². The van der Waals surface area contributed by atoms with Crippen LogP contribution >= 0.6 is 11.8 Å². The van der Waals surface area contributed by atoms with Crippen molar-refractivity contribution in [3.05, 3.63) is 11.9 Å². The number of hydrogen-bond acceptors (Lipinski definition) is 5. The van der Waals surface area contributed by atoms with Crippen molar-refractivity contribution in [2.75, 3.05) is 24.3 Å². The molecule has 6 heteroatoms. The van der Waals surface area contributed by atoms with Gasteiger partial charge in [-0.05, 0) is 12.2 Å². The smallest absolute Gasteiger partial charge is 0.360 e.